The number of hydrogen-bond acceptors (Lipinski definition) is 0. The van der Waals surface area contributed by atoms with Crippen LogP contribution in [0.4, 0.5) is 0 Å². The molecule has 0 bridgehead atoms. The Morgan fingerprint density at radius 1 is 1.43 bits per heavy atom. The van der Waals surface area contributed by atoms with Crippen molar-refractivity contribution in [2.45, 2.75) is 27.7 Å². The van der Waals surface area contributed by atoms with E-state index in [9.17, 15) is 0 Å². The molecule has 0 N–H and O–H groups in total. The van der Waals surface area contributed by atoms with Gasteiger partial charge in [-0.15, -0.1) is 0 Å². The maximum absolute atomic E-state index is 3.95. The molecule has 1 nitrogen and oxygen atoms in total. The second-order valence-electron chi connectivity index (χ2n) is 3.17. The number of hydrogen-bond donors (Lipinski definition) is 0. The van der Waals surface area contributed by atoms with Crippen molar-refractivity contribution >= 4 is 11.6 Å². The van der Waals surface area contributed by atoms with Gasteiger partial charge in [-0.3, -0.25) is 0 Å². The van der Waals surface area contributed by atoms with Crippen molar-refractivity contribution in [1.29, 1.82) is 0 Å². The molecule has 0 fully saturated rings. The molecule has 0 atom stereocenters. The quantitative estimate of drug-likeness (QED) is 0.665. The second kappa shape index (κ2) is 5.48. The van der Waals surface area contributed by atoms with Crippen molar-refractivity contribution in [2.24, 2.45) is 7.05 Å². The summed E-state index contributed by atoms with van der Waals surface area (Å²) in [6.07, 6.45) is 3.97. The average molecular weight is 191 g/mol. The molecule has 1 rings (SSSR count). The molecule has 1 aromatic heterocycles. The van der Waals surface area contributed by atoms with E-state index in [0.717, 1.165) is 11.3 Å². The first-order chi connectivity index (χ1) is 6.57. The molecule has 0 amide bonds. The van der Waals surface area contributed by atoms with E-state index in [2.05, 4.69) is 30.8 Å². The van der Waals surface area contributed by atoms with Crippen LogP contribution >= 0.6 is 0 Å². The first-order valence-corrected chi connectivity index (χ1v) is 5.02. The lowest BCUT2D eigenvalue weighted by Crippen LogP contribution is -1.89. The van der Waals surface area contributed by atoms with Gasteiger partial charge in [0, 0.05) is 24.5 Å². The SMILES string of the molecule is C=Cc1c(C(=C)C)c(C)cn1C.CC. The Labute approximate surface area is 87.8 Å². The third-order valence-corrected chi connectivity index (χ3v) is 2.04. The molecule has 0 aromatic carbocycles. The summed E-state index contributed by atoms with van der Waals surface area (Å²) in [6.45, 7) is 15.9. The minimum Gasteiger partial charge on any atom is -0.350 e. The van der Waals surface area contributed by atoms with Crippen LogP contribution in [0.2, 0.25) is 0 Å². The molecule has 0 unspecified atom stereocenters. The molecule has 0 aliphatic heterocycles. The van der Waals surface area contributed by atoms with Crippen molar-refractivity contribution in [2.75, 3.05) is 0 Å². The third kappa shape index (κ3) is 2.38. The summed E-state index contributed by atoms with van der Waals surface area (Å²) in [6, 6.07) is 0. The Morgan fingerprint density at radius 3 is 2.21 bits per heavy atom. The standard InChI is InChI=1S/C11H15N.C2H6/c1-6-10-11(8(2)3)9(4)7-12(10)5;1-2/h6-7H,1-2H2,3-5H3;1-2H3. The minimum atomic E-state index is 1.10. The number of aromatic nitrogens is 1. The van der Waals surface area contributed by atoms with E-state index in [0.29, 0.717) is 0 Å². The molecule has 78 valence electrons. The summed E-state index contributed by atoms with van der Waals surface area (Å²) in [5.74, 6) is 0. The third-order valence-electron chi connectivity index (χ3n) is 2.04. The number of nitrogens with zero attached hydrogens (tertiary/aromatic N) is 1. The van der Waals surface area contributed by atoms with Crippen LogP contribution in [-0.2, 0) is 7.05 Å². The van der Waals surface area contributed by atoms with E-state index in [-0.39, 0.29) is 0 Å². The highest BCUT2D eigenvalue weighted by Crippen LogP contribution is 2.23. The molecule has 0 aliphatic carbocycles. The second-order valence-corrected chi connectivity index (χ2v) is 3.17. The van der Waals surface area contributed by atoms with Gasteiger partial charge in [0.2, 0.25) is 0 Å². The van der Waals surface area contributed by atoms with Gasteiger partial charge in [0.15, 0.2) is 0 Å². The van der Waals surface area contributed by atoms with Crippen LogP contribution in [0.5, 0.6) is 0 Å². The van der Waals surface area contributed by atoms with Gasteiger partial charge in [-0.25, -0.2) is 0 Å². The smallest absolute Gasteiger partial charge is 0.0476 e. The van der Waals surface area contributed by atoms with Crippen LogP contribution in [0.15, 0.2) is 19.4 Å². The van der Waals surface area contributed by atoms with Gasteiger partial charge >= 0.3 is 0 Å². The summed E-state index contributed by atoms with van der Waals surface area (Å²) >= 11 is 0. The van der Waals surface area contributed by atoms with E-state index < -0.39 is 0 Å². The molecular weight excluding hydrogens is 170 g/mol. The van der Waals surface area contributed by atoms with Gasteiger partial charge in [0.25, 0.3) is 0 Å². The molecule has 0 radical (unpaired) electrons. The Morgan fingerprint density at radius 2 is 1.93 bits per heavy atom. The molecule has 14 heavy (non-hydrogen) atoms. The average Bonchev–Trinajstić information content (AvgIpc) is 2.43. The lowest BCUT2D eigenvalue weighted by molar-refractivity contribution is 0.911. The fraction of sp³-hybridized carbons (Fsp3) is 0.385. The van der Waals surface area contributed by atoms with Crippen molar-refractivity contribution < 1.29 is 0 Å². The van der Waals surface area contributed by atoms with Gasteiger partial charge in [-0.05, 0) is 31.1 Å². The zero-order valence-electron chi connectivity index (χ0n) is 10.0. The Bertz CT molecular complexity index is 329. The summed E-state index contributed by atoms with van der Waals surface area (Å²) < 4.78 is 2.08. The zero-order chi connectivity index (χ0) is 11.3. The number of aryl methyl sites for hydroxylation is 2. The normalized spacial score (nSPS) is 8.93. The van der Waals surface area contributed by atoms with E-state index >= 15 is 0 Å². The van der Waals surface area contributed by atoms with Gasteiger partial charge in [0.1, 0.15) is 0 Å². The maximum Gasteiger partial charge on any atom is 0.0476 e. The van der Waals surface area contributed by atoms with Crippen molar-refractivity contribution in [3.05, 3.63) is 36.2 Å². The largest absolute Gasteiger partial charge is 0.350 e. The molecule has 0 saturated carbocycles. The highest BCUT2D eigenvalue weighted by Gasteiger charge is 2.07. The van der Waals surface area contributed by atoms with Gasteiger partial charge in [-0.2, -0.15) is 0 Å². The lowest BCUT2D eigenvalue weighted by atomic mass is 10.1. The van der Waals surface area contributed by atoms with E-state index in [1.165, 1.54) is 11.1 Å². The molecule has 1 heteroatoms. The van der Waals surface area contributed by atoms with Gasteiger partial charge < -0.3 is 4.57 Å². The molecule has 1 aromatic rings. The highest BCUT2D eigenvalue weighted by atomic mass is 14.9. The summed E-state index contributed by atoms with van der Waals surface area (Å²) in [5, 5.41) is 0. The Balaban J connectivity index is 0.000000791. The zero-order valence-corrected chi connectivity index (χ0v) is 10.0. The van der Waals surface area contributed by atoms with Crippen LogP contribution in [-0.4, -0.2) is 4.57 Å². The van der Waals surface area contributed by atoms with E-state index in [1.54, 1.807) is 0 Å². The Kier molecular flexibility index (Phi) is 5.00. The molecular formula is C13H21N. The summed E-state index contributed by atoms with van der Waals surface area (Å²) in [5.41, 5.74) is 4.75. The summed E-state index contributed by atoms with van der Waals surface area (Å²) in [7, 11) is 2.02. The van der Waals surface area contributed by atoms with Crippen molar-refractivity contribution in [1.82, 2.24) is 4.57 Å². The fourth-order valence-corrected chi connectivity index (χ4v) is 1.60. The topological polar surface area (TPSA) is 4.93 Å². The lowest BCUT2D eigenvalue weighted by Gasteiger charge is -2.01. The minimum absolute atomic E-state index is 1.10. The Hall–Kier alpha value is -1.24. The predicted molar refractivity (Wildman–Crippen MR) is 66.3 cm³/mol. The monoisotopic (exact) mass is 191 g/mol. The molecule has 0 saturated heterocycles. The maximum atomic E-state index is 3.95. The highest BCUT2D eigenvalue weighted by molar-refractivity contribution is 5.72. The van der Waals surface area contributed by atoms with Crippen molar-refractivity contribution in [3.8, 4) is 0 Å². The first-order valence-electron chi connectivity index (χ1n) is 5.02. The summed E-state index contributed by atoms with van der Waals surface area (Å²) in [4.78, 5) is 0. The van der Waals surface area contributed by atoms with Crippen LogP contribution < -0.4 is 0 Å². The van der Waals surface area contributed by atoms with Crippen LogP contribution in [0.25, 0.3) is 11.6 Å². The molecule has 0 aliphatic rings. The molecule has 1 heterocycles. The van der Waals surface area contributed by atoms with E-state index in [4.69, 9.17) is 0 Å². The fourth-order valence-electron chi connectivity index (χ4n) is 1.60. The van der Waals surface area contributed by atoms with Gasteiger partial charge in [-0.1, -0.05) is 27.0 Å². The van der Waals surface area contributed by atoms with Crippen LogP contribution in [0.1, 0.15) is 37.6 Å². The van der Waals surface area contributed by atoms with Crippen LogP contribution in [0, 0.1) is 6.92 Å². The van der Waals surface area contributed by atoms with Crippen LogP contribution in [0.3, 0.4) is 0 Å². The van der Waals surface area contributed by atoms with Gasteiger partial charge in [0.05, 0.1) is 0 Å². The molecule has 0 spiro atoms. The first kappa shape index (κ1) is 12.8. The van der Waals surface area contributed by atoms with E-state index in [1.807, 2.05) is 33.9 Å². The predicted octanol–water partition coefficient (Wildman–Crippen LogP) is 4.04. The number of allylic oxidation sites excluding steroid dienone is 1. The number of rotatable bonds is 2. The van der Waals surface area contributed by atoms with Crippen molar-refractivity contribution in [3.63, 3.8) is 0 Å².